The van der Waals surface area contributed by atoms with Gasteiger partial charge in [-0.1, -0.05) is 29.3 Å². The minimum Gasteiger partial charge on any atom is -0.350 e. The molecule has 1 atom stereocenters. The molecule has 11 heteroatoms. The predicted molar refractivity (Wildman–Crippen MR) is 130 cm³/mol. The van der Waals surface area contributed by atoms with Crippen molar-refractivity contribution in [1.82, 2.24) is 24.8 Å². The first-order valence-electron chi connectivity index (χ1n) is 11.2. The first kappa shape index (κ1) is 23.8. The lowest BCUT2D eigenvalue weighted by molar-refractivity contribution is 0.341. The van der Waals surface area contributed by atoms with E-state index < -0.39 is 17.5 Å². The third-order valence-electron chi connectivity index (χ3n) is 5.99. The van der Waals surface area contributed by atoms with Crippen LogP contribution >= 0.6 is 23.2 Å². The van der Waals surface area contributed by atoms with Crippen molar-refractivity contribution in [2.45, 2.75) is 25.9 Å². The Balaban J connectivity index is 1.54. The number of piperidine rings is 1. The third kappa shape index (κ3) is 5.07. The van der Waals surface area contributed by atoms with Crippen LogP contribution in [0.2, 0.25) is 10.0 Å². The van der Waals surface area contributed by atoms with Gasteiger partial charge in [0.15, 0.2) is 17.3 Å². The number of benzene rings is 2. The maximum absolute atomic E-state index is 13.8. The highest BCUT2D eigenvalue weighted by molar-refractivity contribution is 6.39. The quantitative estimate of drug-likeness (QED) is 0.334. The lowest BCUT2D eigenvalue weighted by atomic mass is 9.99. The summed E-state index contributed by atoms with van der Waals surface area (Å²) in [7, 11) is 0. The number of fused-ring (bicyclic) bond motifs is 1. The number of hydrogen-bond acceptors (Lipinski definition) is 5. The number of nitrogens with zero attached hydrogens (tertiary/aromatic N) is 4. The summed E-state index contributed by atoms with van der Waals surface area (Å²) in [4.78, 5) is 13.6. The fraction of sp³-hybridized carbons (Fsp3) is 0.292. The second kappa shape index (κ2) is 10.0. The summed E-state index contributed by atoms with van der Waals surface area (Å²) in [5.74, 6) is -1.26. The van der Waals surface area contributed by atoms with Crippen molar-refractivity contribution in [1.29, 1.82) is 0 Å². The van der Waals surface area contributed by atoms with Gasteiger partial charge in [-0.15, -0.1) is 0 Å². The molecule has 0 radical (unpaired) electrons. The van der Waals surface area contributed by atoms with E-state index in [1.807, 2.05) is 4.57 Å². The van der Waals surface area contributed by atoms with E-state index in [-0.39, 0.29) is 16.6 Å². The zero-order valence-corrected chi connectivity index (χ0v) is 20.0. The van der Waals surface area contributed by atoms with Gasteiger partial charge < -0.3 is 15.2 Å². The van der Waals surface area contributed by atoms with Crippen LogP contribution < -0.4 is 10.6 Å². The van der Waals surface area contributed by atoms with Crippen LogP contribution in [0.25, 0.3) is 22.6 Å². The molecule has 6 nitrogen and oxygen atoms in total. The van der Waals surface area contributed by atoms with Crippen LogP contribution in [0, 0.1) is 23.4 Å². The number of rotatable bonds is 6. The molecule has 0 spiro atoms. The van der Waals surface area contributed by atoms with E-state index >= 15 is 0 Å². The van der Waals surface area contributed by atoms with Gasteiger partial charge >= 0.3 is 0 Å². The van der Waals surface area contributed by atoms with Crippen molar-refractivity contribution in [2.75, 3.05) is 18.4 Å². The summed E-state index contributed by atoms with van der Waals surface area (Å²) in [6.07, 6.45) is 3.66. The minimum atomic E-state index is -0.919. The Morgan fingerprint density at radius 2 is 1.86 bits per heavy atom. The zero-order chi connectivity index (χ0) is 24.5. The van der Waals surface area contributed by atoms with E-state index in [2.05, 4.69) is 25.6 Å². The Labute approximate surface area is 209 Å². The Hall–Kier alpha value is -2.88. The Morgan fingerprint density at radius 3 is 2.57 bits per heavy atom. The van der Waals surface area contributed by atoms with E-state index in [1.54, 1.807) is 6.20 Å². The Kier molecular flexibility index (Phi) is 6.82. The minimum absolute atomic E-state index is 0.151. The lowest BCUT2D eigenvalue weighted by Gasteiger charge is -2.24. The van der Waals surface area contributed by atoms with Crippen LogP contribution in [0.15, 0.2) is 36.5 Å². The van der Waals surface area contributed by atoms with Crippen LogP contribution in [0.1, 0.15) is 18.4 Å². The van der Waals surface area contributed by atoms with Crippen molar-refractivity contribution in [3.8, 4) is 11.4 Å². The molecule has 1 fully saturated rings. The molecule has 182 valence electrons. The molecule has 4 aromatic rings. The second-order valence-electron chi connectivity index (χ2n) is 8.51. The fourth-order valence-electron chi connectivity index (χ4n) is 4.29. The first-order chi connectivity index (χ1) is 16.9. The number of anilines is 1. The summed E-state index contributed by atoms with van der Waals surface area (Å²) in [6, 6.07) is 6.09. The standard InChI is InChI=1S/C24H21Cl2F3N6/c25-16-7-15(27)8-17(26)21(16)23-33-20-11-32-24(31-10-13-3-4-18(28)19(29)6-13)34-22(20)35(23)12-14-2-1-5-30-9-14/h3-4,6-8,11,14,30H,1-2,5,9-10,12H2,(H,31,32,34). The Bertz CT molecular complexity index is 1360. The van der Waals surface area contributed by atoms with Crippen LogP contribution in [0.4, 0.5) is 19.1 Å². The average molecular weight is 521 g/mol. The molecule has 3 heterocycles. The highest BCUT2D eigenvalue weighted by atomic mass is 35.5. The normalized spacial score (nSPS) is 16.1. The molecule has 1 saturated heterocycles. The summed E-state index contributed by atoms with van der Waals surface area (Å²) < 4.78 is 42.5. The first-order valence-corrected chi connectivity index (χ1v) is 11.9. The highest BCUT2D eigenvalue weighted by Gasteiger charge is 2.23. The number of aromatic nitrogens is 4. The smallest absolute Gasteiger partial charge is 0.225 e. The maximum atomic E-state index is 13.8. The fourth-order valence-corrected chi connectivity index (χ4v) is 4.92. The zero-order valence-electron chi connectivity index (χ0n) is 18.5. The van der Waals surface area contributed by atoms with Gasteiger partial charge in [0, 0.05) is 13.1 Å². The molecular weight excluding hydrogens is 500 g/mol. The largest absolute Gasteiger partial charge is 0.350 e. The number of hydrogen-bond donors (Lipinski definition) is 2. The summed E-state index contributed by atoms with van der Waals surface area (Å²) in [5.41, 5.74) is 2.05. The number of imidazole rings is 1. The summed E-state index contributed by atoms with van der Waals surface area (Å²) in [6.45, 7) is 2.62. The number of nitrogens with one attached hydrogen (secondary N) is 2. The van der Waals surface area contributed by atoms with Gasteiger partial charge in [-0.25, -0.2) is 23.1 Å². The Morgan fingerprint density at radius 1 is 1.06 bits per heavy atom. The van der Waals surface area contributed by atoms with Crippen LogP contribution in [0.3, 0.4) is 0 Å². The second-order valence-corrected chi connectivity index (χ2v) is 9.32. The van der Waals surface area contributed by atoms with E-state index in [1.165, 1.54) is 18.2 Å². The van der Waals surface area contributed by atoms with Gasteiger partial charge in [-0.2, -0.15) is 4.98 Å². The van der Waals surface area contributed by atoms with Gasteiger partial charge in [-0.3, -0.25) is 0 Å². The van der Waals surface area contributed by atoms with Crippen molar-refractivity contribution in [3.63, 3.8) is 0 Å². The number of halogens is 5. The molecule has 0 aliphatic carbocycles. The molecule has 2 aromatic carbocycles. The van der Waals surface area contributed by atoms with Crippen LogP contribution in [0.5, 0.6) is 0 Å². The van der Waals surface area contributed by atoms with Crippen molar-refractivity contribution < 1.29 is 13.2 Å². The molecule has 0 bridgehead atoms. The maximum Gasteiger partial charge on any atom is 0.225 e. The van der Waals surface area contributed by atoms with Gasteiger partial charge in [-0.05, 0) is 61.7 Å². The van der Waals surface area contributed by atoms with E-state index in [0.717, 1.165) is 38.1 Å². The predicted octanol–water partition coefficient (Wildman–Crippen LogP) is 5.83. The summed E-state index contributed by atoms with van der Waals surface area (Å²) in [5, 5.41) is 6.75. The van der Waals surface area contributed by atoms with E-state index in [4.69, 9.17) is 23.2 Å². The van der Waals surface area contributed by atoms with Crippen LogP contribution in [-0.4, -0.2) is 32.6 Å². The topological polar surface area (TPSA) is 67.7 Å². The SMILES string of the molecule is Fc1cc(Cl)c(-c2nc3cnc(NCc4ccc(F)c(F)c4)nc3n2CC2CCCNC2)c(Cl)c1. The highest BCUT2D eigenvalue weighted by Crippen LogP contribution is 2.37. The van der Waals surface area contributed by atoms with Crippen molar-refractivity contribution >= 4 is 40.3 Å². The molecular formula is C24H21Cl2F3N6. The molecule has 1 aliphatic heterocycles. The monoisotopic (exact) mass is 520 g/mol. The third-order valence-corrected chi connectivity index (χ3v) is 6.59. The van der Waals surface area contributed by atoms with Gasteiger partial charge in [0.1, 0.15) is 17.2 Å². The molecule has 2 N–H and O–H groups in total. The molecule has 0 saturated carbocycles. The lowest BCUT2D eigenvalue weighted by Crippen LogP contribution is -2.32. The van der Waals surface area contributed by atoms with E-state index in [9.17, 15) is 13.2 Å². The molecule has 5 rings (SSSR count). The molecule has 0 amide bonds. The van der Waals surface area contributed by atoms with Gasteiger partial charge in [0.05, 0.1) is 21.8 Å². The van der Waals surface area contributed by atoms with Crippen LogP contribution in [-0.2, 0) is 13.1 Å². The van der Waals surface area contributed by atoms with Crippen molar-refractivity contribution in [3.05, 3.63) is 69.6 Å². The summed E-state index contributed by atoms with van der Waals surface area (Å²) >= 11 is 12.8. The average Bonchev–Trinajstić information content (AvgIpc) is 3.17. The molecule has 35 heavy (non-hydrogen) atoms. The molecule has 1 aliphatic rings. The van der Waals surface area contributed by atoms with Gasteiger partial charge in [0.25, 0.3) is 0 Å². The van der Waals surface area contributed by atoms with E-state index in [0.29, 0.717) is 46.5 Å². The van der Waals surface area contributed by atoms with Gasteiger partial charge in [0.2, 0.25) is 5.95 Å². The van der Waals surface area contributed by atoms with Crippen molar-refractivity contribution in [2.24, 2.45) is 5.92 Å². The molecule has 1 unspecified atom stereocenters. The molecule has 2 aromatic heterocycles.